The molecule has 0 amide bonds. The number of benzene rings is 1. The van der Waals surface area contributed by atoms with Crippen LogP contribution in [0.4, 0.5) is 8.78 Å². The molecule has 0 saturated heterocycles. The van der Waals surface area contributed by atoms with E-state index in [2.05, 4.69) is 4.98 Å². The SMILES string of the molecule is O=C(O)COc1ccnc2c(F)ccc(F)c12. The van der Waals surface area contributed by atoms with Gasteiger partial charge >= 0.3 is 5.97 Å². The number of aromatic nitrogens is 1. The molecule has 0 atom stereocenters. The summed E-state index contributed by atoms with van der Waals surface area (Å²) in [6.07, 6.45) is 1.22. The molecule has 2 rings (SSSR count). The van der Waals surface area contributed by atoms with Crippen LogP contribution in [0.15, 0.2) is 24.4 Å². The van der Waals surface area contributed by atoms with E-state index in [4.69, 9.17) is 9.84 Å². The Morgan fingerprint density at radius 3 is 2.71 bits per heavy atom. The number of carboxylic acid groups (broad SMARTS) is 1. The van der Waals surface area contributed by atoms with Gasteiger partial charge in [0.2, 0.25) is 0 Å². The van der Waals surface area contributed by atoms with E-state index in [0.717, 1.165) is 12.1 Å². The lowest BCUT2D eigenvalue weighted by molar-refractivity contribution is -0.139. The van der Waals surface area contributed by atoms with E-state index in [1.807, 2.05) is 0 Å². The van der Waals surface area contributed by atoms with Crippen molar-refractivity contribution in [2.75, 3.05) is 6.61 Å². The first-order valence-electron chi connectivity index (χ1n) is 4.67. The Bertz CT molecular complexity index is 586. The number of hydrogen-bond acceptors (Lipinski definition) is 3. The standard InChI is InChI=1S/C11H7F2NO3/c12-6-1-2-7(13)11-10(6)8(3-4-14-11)17-5-9(15)16/h1-4H,5H2,(H,15,16). The molecule has 0 aliphatic rings. The third-order valence-electron chi connectivity index (χ3n) is 2.10. The van der Waals surface area contributed by atoms with Gasteiger partial charge in [0, 0.05) is 6.20 Å². The molecule has 17 heavy (non-hydrogen) atoms. The summed E-state index contributed by atoms with van der Waals surface area (Å²) in [5, 5.41) is 8.30. The number of pyridine rings is 1. The Kier molecular flexibility index (Phi) is 2.86. The van der Waals surface area contributed by atoms with Gasteiger partial charge in [-0.2, -0.15) is 0 Å². The first-order valence-corrected chi connectivity index (χ1v) is 4.67. The number of ether oxygens (including phenoxy) is 1. The van der Waals surface area contributed by atoms with E-state index < -0.39 is 24.2 Å². The number of halogens is 2. The van der Waals surface area contributed by atoms with Crippen molar-refractivity contribution < 1.29 is 23.4 Å². The van der Waals surface area contributed by atoms with Crippen molar-refractivity contribution in [3.63, 3.8) is 0 Å². The lowest BCUT2D eigenvalue weighted by Gasteiger charge is -2.07. The van der Waals surface area contributed by atoms with Crippen molar-refractivity contribution in [3.8, 4) is 5.75 Å². The Balaban J connectivity index is 2.56. The number of aliphatic carboxylic acids is 1. The van der Waals surface area contributed by atoms with Gasteiger partial charge in [-0.25, -0.2) is 13.6 Å². The van der Waals surface area contributed by atoms with Crippen LogP contribution in [0.3, 0.4) is 0 Å². The van der Waals surface area contributed by atoms with Crippen LogP contribution in [0, 0.1) is 11.6 Å². The van der Waals surface area contributed by atoms with E-state index in [1.165, 1.54) is 12.3 Å². The van der Waals surface area contributed by atoms with Crippen molar-refractivity contribution in [3.05, 3.63) is 36.0 Å². The van der Waals surface area contributed by atoms with Crippen molar-refractivity contribution in [2.24, 2.45) is 0 Å². The highest BCUT2D eigenvalue weighted by Gasteiger charge is 2.13. The molecule has 1 N–H and O–H groups in total. The third kappa shape index (κ3) is 2.15. The van der Waals surface area contributed by atoms with Gasteiger partial charge in [0.15, 0.2) is 6.61 Å². The average molecular weight is 239 g/mol. The molecular weight excluding hydrogens is 232 g/mol. The van der Waals surface area contributed by atoms with Crippen LogP contribution in [-0.2, 0) is 4.79 Å². The molecule has 0 fully saturated rings. The van der Waals surface area contributed by atoms with Crippen molar-refractivity contribution in [1.29, 1.82) is 0 Å². The van der Waals surface area contributed by atoms with Crippen LogP contribution in [0.2, 0.25) is 0 Å². The van der Waals surface area contributed by atoms with E-state index in [1.54, 1.807) is 0 Å². The predicted octanol–water partition coefficient (Wildman–Crippen LogP) is 1.98. The van der Waals surface area contributed by atoms with Gasteiger partial charge in [0.1, 0.15) is 22.9 Å². The number of rotatable bonds is 3. The van der Waals surface area contributed by atoms with Gasteiger partial charge in [-0.05, 0) is 18.2 Å². The van der Waals surface area contributed by atoms with E-state index in [9.17, 15) is 13.6 Å². The maximum Gasteiger partial charge on any atom is 0.341 e. The van der Waals surface area contributed by atoms with Crippen molar-refractivity contribution >= 4 is 16.9 Å². The lowest BCUT2D eigenvalue weighted by Crippen LogP contribution is -2.10. The van der Waals surface area contributed by atoms with Crippen molar-refractivity contribution in [1.82, 2.24) is 4.98 Å². The van der Waals surface area contributed by atoms with E-state index in [-0.39, 0.29) is 16.7 Å². The number of carboxylic acids is 1. The normalized spacial score (nSPS) is 10.5. The summed E-state index contributed by atoms with van der Waals surface area (Å²) in [6.45, 7) is -0.630. The van der Waals surface area contributed by atoms with E-state index in [0.29, 0.717) is 0 Å². The number of hydrogen-bond donors (Lipinski definition) is 1. The summed E-state index contributed by atoms with van der Waals surface area (Å²) in [7, 11) is 0. The Hall–Kier alpha value is -2.24. The summed E-state index contributed by atoms with van der Waals surface area (Å²) in [5.74, 6) is -2.65. The van der Waals surface area contributed by atoms with Gasteiger partial charge in [-0.1, -0.05) is 0 Å². The number of fused-ring (bicyclic) bond motifs is 1. The third-order valence-corrected chi connectivity index (χ3v) is 2.10. The second kappa shape index (κ2) is 4.32. The molecule has 0 bridgehead atoms. The zero-order valence-electron chi connectivity index (χ0n) is 8.48. The van der Waals surface area contributed by atoms with Crippen LogP contribution in [0.25, 0.3) is 10.9 Å². The molecule has 1 heterocycles. The summed E-state index contributed by atoms with van der Waals surface area (Å²) >= 11 is 0. The highest BCUT2D eigenvalue weighted by atomic mass is 19.1. The van der Waals surface area contributed by atoms with Gasteiger partial charge in [-0.3, -0.25) is 4.98 Å². The minimum atomic E-state index is -1.20. The second-order valence-corrected chi connectivity index (χ2v) is 3.24. The lowest BCUT2D eigenvalue weighted by atomic mass is 10.2. The molecule has 1 aromatic carbocycles. The molecule has 0 unspecified atom stereocenters. The van der Waals surface area contributed by atoms with Crippen LogP contribution in [0.1, 0.15) is 0 Å². The average Bonchev–Trinajstić information content (AvgIpc) is 2.31. The Morgan fingerprint density at radius 1 is 1.29 bits per heavy atom. The fourth-order valence-corrected chi connectivity index (χ4v) is 1.42. The maximum absolute atomic E-state index is 13.5. The van der Waals surface area contributed by atoms with Gasteiger partial charge in [0.25, 0.3) is 0 Å². The minimum absolute atomic E-state index is 0.0469. The molecular formula is C11H7F2NO3. The molecule has 6 heteroatoms. The van der Waals surface area contributed by atoms with E-state index >= 15 is 0 Å². The highest BCUT2D eigenvalue weighted by molar-refractivity contribution is 5.86. The fraction of sp³-hybridized carbons (Fsp3) is 0.0909. The number of nitrogens with zero attached hydrogens (tertiary/aromatic N) is 1. The largest absolute Gasteiger partial charge is 0.481 e. The molecule has 0 saturated carbocycles. The van der Waals surface area contributed by atoms with Crippen LogP contribution >= 0.6 is 0 Å². The fourth-order valence-electron chi connectivity index (χ4n) is 1.42. The summed E-state index contributed by atoms with van der Waals surface area (Å²) in [6, 6.07) is 3.17. The first kappa shape index (κ1) is 11.3. The van der Waals surface area contributed by atoms with Crippen molar-refractivity contribution in [2.45, 2.75) is 0 Å². The molecule has 4 nitrogen and oxygen atoms in total. The topological polar surface area (TPSA) is 59.4 Å². The Labute approximate surface area is 94.5 Å². The maximum atomic E-state index is 13.5. The zero-order chi connectivity index (χ0) is 12.4. The molecule has 2 aromatic rings. The van der Waals surface area contributed by atoms with Crippen LogP contribution < -0.4 is 4.74 Å². The van der Waals surface area contributed by atoms with Gasteiger partial charge in [-0.15, -0.1) is 0 Å². The van der Waals surface area contributed by atoms with Crippen LogP contribution in [-0.4, -0.2) is 22.7 Å². The van der Waals surface area contributed by atoms with Gasteiger partial charge < -0.3 is 9.84 Å². The summed E-state index contributed by atoms with van der Waals surface area (Å²) in [5.41, 5.74) is -0.187. The molecule has 0 aliphatic heterocycles. The second-order valence-electron chi connectivity index (χ2n) is 3.24. The molecule has 0 radical (unpaired) electrons. The summed E-state index contributed by atoms with van der Waals surface area (Å²) in [4.78, 5) is 14.0. The monoisotopic (exact) mass is 239 g/mol. The number of carbonyl (C=O) groups is 1. The predicted molar refractivity (Wildman–Crippen MR) is 54.8 cm³/mol. The zero-order valence-corrected chi connectivity index (χ0v) is 8.48. The molecule has 0 aliphatic carbocycles. The van der Waals surface area contributed by atoms with Crippen LogP contribution in [0.5, 0.6) is 5.75 Å². The molecule has 88 valence electrons. The minimum Gasteiger partial charge on any atom is -0.481 e. The highest BCUT2D eigenvalue weighted by Crippen LogP contribution is 2.28. The Morgan fingerprint density at radius 2 is 2.00 bits per heavy atom. The molecule has 0 spiro atoms. The smallest absolute Gasteiger partial charge is 0.341 e. The first-order chi connectivity index (χ1) is 8.09. The summed E-state index contributed by atoms with van der Waals surface area (Å²) < 4.78 is 31.7. The molecule has 1 aromatic heterocycles. The quantitative estimate of drug-likeness (QED) is 0.889. The van der Waals surface area contributed by atoms with Gasteiger partial charge in [0.05, 0.1) is 5.39 Å².